The molecule has 1 aromatic carbocycles. The van der Waals surface area contributed by atoms with Gasteiger partial charge in [-0.1, -0.05) is 26.7 Å². The average molecular weight is 347 g/mol. The van der Waals surface area contributed by atoms with E-state index in [1.165, 1.54) is 14.2 Å². The van der Waals surface area contributed by atoms with Crippen LogP contribution in [0.1, 0.15) is 40.0 Å². The van der Waals surface area contributed by atoms with Crippen LogP contribution in [0.15, 0.2) is 17.0 Å². The van der Waals surface area contributed by atoms with Gasteiger partial charge >= 0.3 is 0 Å². The molecule has 0 bridgehead atoms. The number of hydrogen-bond acceptors (Lipinski definition) is 4. The lowest BCUT2D eigenvalue weighted by molar-refractivity contribution is 0.350. The van der Waals surface area contributed by atoms with Crippen molar-refractivity contribution in [3.63, 3.8) is 0 Å². The van der Waals surface area contributed by atoms with E-state index < -0.39 is 20.7 Å². The summed E-state index contributed by atoms with van der Waals surface area (Å²) in [7, 11) is -1.23. The molecule has 0 saturated carbocycles. The predicted molar refractivity (Wildman–Crippen MR) is 88.0 cm³/mol. The van der Waals surface area contributed by atoms with Crippen LogP contribution in [0, 0.1) is 11.7 Å². The Bertz CT molecular complexity index is 617. The fraction of sp³-hybridized carbons (Fsp3) is 0.625. The standard InChI is InChI=1S/C16H26FNO4S/c1-11(2)7-6-8-12(3)18-23(19,20)16-10-15(22-5)14(21-4)9-13(16)17/h9-12,18H,6-8H2,1-5H3. The molecule has 0 aliphatic carbocycles. The summed E-state index contributed by atoms with van der Waals surface area (Å²) < 4.78 is 51.4. The minimum Gasteiger partial charge on any atom is -0.493 e. The Labute approximate surface area is 138 Å². The van der Waals surface area contributed by atoms with E-state index in [1.54, 1.807) is 6.92 Å². The van der Waals surface area contributed by atoms with Crippen LogP contribution in [0.2, 0.25) is 0 Å². The first-order valence-electron chi connectivity index (χ1n) is 7.65. The van der Waals surface area contributed by atoms with Crippen molar-refractivity contribution >= 4 is 10.0 Å². The molecule has 0 aliphatic heterocycles. The molecule has 0 spiro atoms. The number of benzene rings is 1. The number of sulfonamides is 1. The minimum atomic E-state index is -3.96. The summed E-state index contributed by atoms with van der Waals surface area (Å²) in [6, 6.07) is 1.87. The second-order valence-electron chi connectivity index (χ2n) is 5.98. The van der Waals surface area contributed by atoms with Crippen LogP contribution in [0.3, 0.4) is 0 Å². The summed E-state index contributed by atoms with van der Waals surface area (Å²) in [4.78, 5) is -0.439. The first kappa shape index (κ1) is 19.7. The van der Waals surface area contributed by atoms with Gasteiger partial charge in [-0.2, -0.15) is 0 Å². The predicted octanol–water partition coefficient (Wildman–Crippen LogP) is 3.34. The van der Waals surface area contributed by atoms with Crippen molar-refractivity contribution in [1.29, 1.82) is 0 Å². The summed E-state index contributed by atoms with van der Waals surface area (Å²) in [5, 5.41) is 0. The zero-order valence-corrected chi connectivity index (χ0v) is 15.2. The second-order valence-corrected chi connectivity index (χ2v) is 7.67. The van der Waals surface area contributed by atoms with Crippen LogP contribution in [0.5, 0.6) is 11.5 Å². The fourth-order valence-electron chi connectivity index (χ4n) is 2.26. The zero-order chi connectivity index (χ0) is 17.6. The van der Waals surface area contributed by atoms with Gasteiger partial charge in [0, 0.05) is 18.2 Å². The molecule has 0 heterocycles. The molecule has 0 fully saturated rings. The average Bonchev–Trinajstić information content (AvgIpc) is 2.45. The van der Waals surface area contributed by atoms with Gasteiger partial charge in [-0.15, -0.1) is 0 Å². The third kappa shape index (κ3) is 5.66. The van der Waals surface area contributed by atoms with E-state index in [4.69, 9.17) is 9.47 Å². The molecular weight excluding hydrogens is 321 g/mol. The van der Waals surface area contributed by atoms with Gasteiger partial charge in [0.2, 0.25) is 10.0 Å². The Morgan fingerprint density at radius 1 is 1.09 bits per heavy atom. The van der Waals surface area contributed by atoms with Crippen molar-refractivity contribution in [3.05, 3.63) is 17.9 Å². The van der Waals surface area contributed by atoms with Crippen molar-refractivity contribution < 1.29 is 22.3 Å². The molecule has 0 aromatic heterocycles. The van der Waals surface area contributed by atoms with E-state index >= 15 is 0 Å². The number of halogens is 1. The quantitative estimate of drug-likeness (QED) is 0.744. The third-order valence-corrected chi connectivity index (χ3v) is 5.11. The van der Waals surface area contributed by atoms with E-state index in [9.17, 15) is 12.8 Å². The molecule has 5 nitrogen and oxygen atoms in total. The maximum Gasteiger partial charge on any atom is 0.243 e. The maximum atomic E-state index is 14.1. The maximum absolute atomic E-state index is 14.1. The van der Waals surface area contributed by atoms with Gasteiger partial charge in [0.05, 0.1) is 14.2 Å². The number of rotatable bonds is 9. The number of methoxy groups -OCH3 is 2. The fourth-order valence-corrected chi connectivity index (χ4v) is 3.61. The van der Waals surface area contributed by atoms with Crippen molar-refractivity contribution in [3.8, 4) is 11.5 Å². The van der Waals surface area contributed by atoms with E-state index in [1.807, 2.05) is 0 Å². The lowest BCUT2D eigenvalue weighted by Crippen LogP contribution is -2.33. The van der Waals surface area contributed by atoms with Gasteiger partial charge in [-0.05, 0) is 19.3 Å². The summed E-state index contributed by atoms with van der Waals surface area (Å²) in [5.74, 6) is 0.0160. The van der Waals surface area contributed by atoms with Crippen molar-refractivity contribution in [2.24, 2.45) is 5.92 Å². The Hall–Kier alpha value is -1.34. The first-order chi connectivity index (χ1) is 10.7. The van der Waals surface area contributed by atoms with Crippen LogP contribution in [-0.4, -0.2) is 28.7 Å². The molecular formula is C16H26FNO4S. The van der Waals surface area contributed by atoms with Gasteiger partial charge in [-0.25, -0.2) is 17.5 Å². The molecule has 1 aromatic rings. The first-order valence-corrected chi connectivity index (χ1v) is 9.13. The van der Waals surface area contributed by atoms with E-state index in [0.717, 1.165) is 25.0 Å². The SMILES string of the molecule is COc1cc(F)c(S(=O)(=O)NC(C)CCCC(C)C)cc1OC. The molecule has 0 aliphatic rings. The molecule has 0 amide bonds. The van der Waals surface area contributed by atoms with E-state index in [0.29, 0.717) is 12.3 Å². The summed E-state index contributed by atoms with van der Waals surface area (Å²) >= 11 is 0. The van der Waals surface area contributed by atoms with Crippen molar-refractivity contribution in [2.75, 3.05) is 14.2 Å². The van der Waals surface area contributed by atoms with Gasteiger partial charge < -0.3 is 9.47 Å². The summed E-state index contributed by atoms with van der Waals surface area (Å²) in [6.07, 6.45) is 2.64. The highest BCUT2D eigenvalue weighted by atomic mass is 32.2. The number of nitrogens with one attached hydrogen (secondary N) is 1. The smallest absolute Gasteiger partial charge is 0.243 e. The summed E-state index contributed by atoms with van der Waals surface area (Å²) in [5.41, 5.74) is 0. The highest BCUT2D eigenvalue weighted by Crippen LogP contribution is 2.32. The second kappa shape index (κ2) is 8.49. The largest absolute Gasteiger partial charge is 0.493 e. The molecule has 132 valence electrons. The van der Waals surface area contributed by atoms with Crippen molar-refractivity contribution in [1.82, 2.24) is 4.72 Å². The monoisotopic (exact) mass is 347 g/mol. The van der Waals surface area contributed by atoms with Gasteiger partial charge in [0.15, 0.2) is 11.5 Å². The Kier molecular flexibility index (Phi) is 7.28. The van der Waals surface area contributed by atoms with Crippen LogP contribution < -0.4 is 14.2 Å². The molecule has 1 N–H and O–H groups in total. The normalized spacial score (nSPS) is 13.2. The molecule has 0 radical (unpaired) electrons. The highest BCUT2D eigenvalue weighted by Gasteiger charge is 2.24. The zero-order valence-electron chi connectivity index (χ0n) is 14.3. The lowest BCUT2D eigenvalue weighted by Gasteiger charge is -2.16. The lowest BCUT2D eigenvalue weighted by atomic mass is 10.0. The van der Waals surface area contributed by atoms with Crippen LogP contribution in [0.25, 0.3) is 0 Å². The molecule has 1 rings (SSSR count). The Morgan fingerprint density at radius 3 is 2.17 bits per heavy atom. The molecule has 1 unspecified atom stereocenters. The van der Waals surface area contributed by atoms with Gasteiger partial charge in [0.1, 0.15) is 10.7 Å². The van der Waals surface area contributed by atoms with Crippen molar-refractivity contribution in [2.45, 2.75) is 51.0 Å². The minimum absolute atomic E-state index is 0.147. The highest BCUT2D eigenvalue weighted by molar-refractivity contribution is 7.89. The number of hydrogen-bond donors (Lipinski definition) is 1. The van der Waals surface area contributed by atoms with Gasteiger partial charge in [0.25, 0.3) is 0 Å². The van der Waals surface area contributed by atoms with Crippen LogP contribution in [-0.2, 0) is 10.0 Å². The van der Waals surface area contributed by atoms with E-state index in [2.05, 4.69) is 18.6 Å². The van der Waals surface area contributed by atoms with E-state index in [-0.39, 0.29) is 17.5 Å². The summed E-state index contributed by atoms with van der Waals surface area (Å²) in [6.45, 7) is 6.01. The number of ether oxygens (including phenoxy) is 2. The molecule has 23 heavy (non-hydrogen) atoms. The molecule has 0 saturated heterocycles. The Morgan fingerprint density at radius 2 is 1.65 bits per heavy atom. The molecule has 1 atom stereocenters. The van der Waals surface area contributed by atoms with Gasteiger partial charge in [-0.3, -0.25) is 0 Å². The van der Waals surface area contributed by atoms with Crippen LogP contribution in [0.4, 0.5) is 4.39 Å². The Balaban J connectivity index is 2.91. The van der Waals surface area contributed by atoms with Crippen LogP contribution >= 0.6 is 0 Å². The third-order valence-electron chi connectivity index (χ3n) is 3.50. The topological polar surface area (TPSA) is 64.6 Å². The molecule has 7 heteroatoms.